The average Bonchev–Trinajstić information content (AvgIpc) is 2.84. The van der Waals surface area contributed by atoms with Gasteiger partial charge in [-0.3, -0.25) is 9.78 Å². The molecule has 0 spiro atoms. The monoisotopic (exact) mass is 273 g/mol. The van der Waals surface area contributed by atoms with Crippen molar-refractivity contribution in [3.05, 3.63) is 47.9 Å². The molecule has 0 amide bonds. The number of hydrogen-bond donors (Lipinski definition) is 0. The fraction of sp³-hybridized carbons (Fsp3) is 0.0833. The van der Waals surface area contributed by atoms with Crippen molar-refractivity contribution in [3.8, 4) is 0 Å². The molecule has 0 aromatic carbocycles. The molecule has 94 valence electrons. The maximum Gasteiger partial charge on any atom is 0.184 e. The van der Waals surface area contributed by atoms with E-state index in [0.29, 0.717) is 16.7 Å². The van der Waals surface area contributed by atoms with E-state index in [-0.39, 0.29) is 17.5 Å². The standard InChI is InChI=1S/C12H8ClN5O/c13-11-10-12(16-6-15-11)18(7-17-10)5-9(19)8-2-1-3-14-4-8/h1-4,6-7H,5H2. The number of carbonyl (C=O) groups is 1. The number of halogens is 1. The Morgan fingerprint density at radius 1 is 1.32 bits per heavy atom. The van der Waals surface area contributed by atoms with Crippen LogP contribution in [0.2, 0.25) is 5.15 Å². The van der Waals surface area contributed by atoms with E-state index in [0.717, 1.165) is 0 Å². The van der Waals surface area contributed by atoms with Gasteiger partial charge in [0.1, 0.15) is 11.8 Å². The van der Waals surface area contributed by atoms with E-state index < -0.39 is 0 Å². The molecule has 0 atom stereocenters. The minimum absolute atomic E-state index is 0.0675. The van der Waals surface area contributed by atoms with Gasteiger partial charge in [-0.1, -0.05) is 11.6 Å². The number of hydrogen-bond acceptors (Lipinski definition) is 5. The summed E-state index contributed by atoms with van der Waals surface area (Å²) < 4.78 is 1.64. The van der Waals surface area contributed by atoms with Crippen molar-refractivity contribution in [1.82, 2.24) is 24.5 Å². The highest BCUT2D eigenvalue weighted by molar-refractivity contribution is 6.33. The van der Waals surface area contributed by atoms with Crippen LogP contribution in [0.4, 0.5) is 0 Å². The summed E-state index contributed by atoms with van der Waals surface area (Å²) in [5.74, 6) is -0.0675. The highest BCUT2D eigenvalue weighted by Crippen LogP contribution is 2.17. The molecule has 0 N–H and O–H groups in total. The van der Waals surface area contributed by atoms with Crippen molar-refractivity contribution in [1.29, 1.82) is 0 Å². The van der Waals surface area contributed by atoms with Gasteiger partial charge < -0.3 is 4.57 Å². The van der Waals surface area contributed by atoms with Crippen molar-refractivity contribution < 1.29 is 4.79 Å². The summed E-state index contributed by atoms with van der Waals surface area (Å²) in [4.78, 5) is 28.0. The lowest BCUT2D eigenvalue weighted by Crippen LogP contribution is -2.10. The minimum Gasteiger partial charge on any atom is -0.307 e. The molecule has 0 unspecified atom stereocenters. The second-order valence-electron chi connectivity index (χ2n) is 3.87. The third-order valence-electron chi connectivity index (χ3n) is 2.65. The van der Waals surface area contributed by atoms with E-state index in [4.69, 9.17) is 11.6 Å². The quantitative estimate of drug-likeness (QED) is 0.537. The first kappa shape index (κ1) is 11.7. The Hall–Kier alpha value is -2.34. The van der Waals surface area contributed by atoms with E-state index in [1.165, 1.54) is 18.9 Å². The van der Waals surface area contributed by atoms with E-state index in [1.807, 2.05) is 0 Å². The van der Waals surface area contributed by atoms with E-state index in [9.17, 15) is 4.79 Å². The third kappa shape index (κ3) is 2.17. The zero-order valence-corrected chi connectivity index (χ0v) is 10.4. The Morgan fingerprint density at radius 3 is 3.00 bits per heavy atom. The average molecular weight is 274 g/mol. The van der Waals surface area contributed by atoms with Gasteiger partial charge >= 0.3 is 0 Å². The van der Waals surface area contributed by atoms with Crippen LogP contribution in [-0.2, 0) is 6.54 Å². The predicted octanol–water partition coefficient (Wildman–Crippen LogP) is 1.76. The molecule has 3 heterocycles. The minimum atomic E-state index is -0.0675. The number of pyridine rings is 1. The normalized spacial score (nSPS) is 10.8. The molecule has 3 aromatic rings. The van der Waals surface area contributed by atoms with Gasteiger partial charge in [0, 0.05) is 18.0 Å². The summed E-state index contributed by atoms with van der Waals surface area (Å²) in [5.41, 5.74) is 1.57. The SMILES string of the molecule is O=C(Cn1cnc2c(Cl)ncnc21)c1cccnc1. The Labute approximate surface area is 113 Å². The lowest BCUT2D eigenvalue weighted by atomic mass is 10.2. The smallest absolute Gasteiger partial charge is 0.184 e. The first-order valence-electron chi connectivity index (χ1n) is 5.50. The first-order valence-corrected chi connectivity index (χ1v) is 5.88. The second kappa shape index (κ2) is 4.74. The summed E-state index contributed by atoms with van der Waals surface area (Å²) in [6.45, 7) is 0.134. The molecule has 0 aliphatic heterocycles. The van der Waals surface area contributed by atoms with Crippen LogP contribution in [-0.4, -0.2) is 30.3 Å². The zero-order chi connectivity index (χ0) is 13.2. The third-order valence-corrected chi connectivity index (χ3v) is 2.93. The van der Waals surface area contributed by atoms with Gasteiger partial charge in [-0.25, -0.2) is 15.0 Å². The van der Waals surface area contributed by atoms with Crippen LogP contribution in [0.15, 0.2) is 37.2 Å². The highest BCUT2D eigenvalue weighted by atomic mass is 35.5. The molecule has 3 rings (SSSR count). The molecular weight excluding hydrogens is 266 g/mol. The maximum atomic E-state index is 12.1. The van der Waals surface area contributed by atoms with Gasteiger partial charge in [0.05, 0.1) is 12.9 Å². The zero-order valence-electron chi connectivity index (χ0n) is 9.69. The molecular formula is C12H8ClN5O. The lowest BCUT2D eigenvalue weighted by molar-refractivity contribution is 0.0973. The van der Waals surface area contributed by atoms with Crippen LogP contribution in [0.5, 0.6) is 0 Å². The molecule has 7 heteroatoms. The maximum absolute atomic E-state index is 12.1. The number of aromatic nitrogens is 5. The molecule has 0 aliphatic carbocycles. The van der Waals surface area contributed by atoms with Crippen molar-refractivity contribution in [2.24, 2.45) is 0 Å². The van der Waals surface area contributed by atoms with Gasteiger partial charge in [0.25, 0.3) is 0 Å². The van der Waals surface area contributed by atoms with Crippen molar-refractivity contribution in [2.45, 2.75) is 6.54 Å². The molecule has 0 aliphatic rings. The number of rotatable bonds is 3. The summed E-state index contributed by atoms with van der Waals surface area (Å²) in [5, 5.41) is 0.276. The molecule has 19 heavy (non-hydrogen) atoms. The molecule has 6 nitrogen and oxygen atoms in total. The molecule has 0 radical (unpaired) electrons. The van der Waals surface area contributed by atoms with Gasteiger partial charge in [0.15, 0.2) is 16.6 Å². The number of imidazole rings is 1. The fourth-order valence-electron chi connectivity index (χ4n) is 1.74. The molecule has 0 fully saturated rings. The number of ketones is 1. The van der Waals surface area contributed by atoms with Crippen LogP contribution in [0, 0.1) is 0 Å². The number of carbonyl (C=O) groups excluding carboxylic acids is 1. The van der Waals surface area contributed by atoms with Gasteiger partial charge in [-0.2, -0.15) is 0 Å². The highest BCUT2D eigenvalue weighted by Gasteiger charge is 2.12. The van der Waals surface area contributed by atoms with Crippen molar-refractivity contribution in [2.75, 3.05) is 0 Å². The van der Waals surface area contributed by atoms with Crippen LogP contribution in [0.3, 0.4) is 0 Å². The van der Waals surface area contributed by atoms with E-state index in [1.54, 1.807) is 22.9 Å². The van der Waals surface area contributed by atoms with Crippen LogP contribution < -0.4 is 0 Å². The Balaban J connectivity index is 1.94. The van der Waals surface area contributed by atoms with E-state index >= 15 is 0 Å². The summed E-state index contributed by atoms with van der Waals surface area (Å²) >= 11 is 5.90. The van der Waals surface area contributed by atoms with Crippen molar-refractivity contribution in [3.63, 3.8) is 0 Å². The molecule has 3 aromatic heterocycles. The van der Waals surface area contributed by atoms with Gasteiger partial charge in [-0.05, 0) is 12.1 Å². The predicted molar refractivity (Wildman–Crippen MR) is 68.9 cm³/mol. The van der Waals surface area contributed by atoms with Gasteiger partial charge in [-0.15, -0.1) is 0 Å². The molecule has 0 saturated carbocycles. The Bertz CT molecular complexity index is 740. The number of fused-ring (bicyclic) bond motifs is 1. The Morgan fingerprint density at radius 2 is 2.21 bits per heavy atom. The van der Waals surface area contributed by atoms with Crippen LogP contribution >= 0.6 is 11.6 Å². The summed E-state index contributed by atoms with van der Waals surface area (Å²) in [6.07, 6.45) is 6.02. The first-order chi connectivity index (χ1) is 9.25. The summed E-state index contributed by atoms with van der Waals surface area (Å²) in [6, 6.07) is 3.44. The number of Topliss-reactive ketones (excluding diaryl/α,β-unsaturated/α-hetero) is 1. The second-order valence-corrected chi connectivity index (χ2v) is 4.23. The molecule has 0 saturated heterocycles. The van der Waals surface area contributed by atoms with Crippen LogP contribution in [0.1, 0.15) is 10.4 Å². The lowest BCUT2D eigenvalue weighted by Gasteiger charge is -2.02. The summed E-state index contributed by atoms with van der Waals surface area (Å²) in [7, 11) is 0. The van der Waals surface area contributed by atoms with Gasteiger partial charge in [0.2, 0.25) is 0 Å². The molecule has 0 bridgehead atoms. The largest absolute Gasteiger partial charge is 0.307 e. The van der Waals surface area contributed by atoms with Crippen LogP contribution in [0.25, 0.3) is 11.2 Å². The fourth-order valence-corrected chi connectivity index (χ4v) is 1.92. The topological polar surface area (TPSA) is 73.6 Å². The Kier molecular flexibility index (Phi) is 2.92. The van der Waals surface area contributed by atoms with E-state index in [2.05, 4.69) is 19.9 Å². The number of nitrogens with zero attached hydrogens (tertiary/aromatic N) is 5. The van der Waals surface area contributed by atoms with Crippen molar-refractivity contribution >= 4 is 28.5 Å².